The second kappa shape index (κ2) is 10.2. The van der Waals surface area contributed by atoms with Crippen LogP contribution < -0.4 is 10.1 Å². The number of amides is 1. The molecule has 166 valence electrons. The summed E-state index contributed by atoms with van der Waals surface area (Å²) in [5.74, 6) is -1.20. The molecule has 0 aliphatic carbocycles. The molecule has 4 rings (SSSR count). The van der Waals surface area contributed by atoms with Gasteiger partial charge in [-0.3, -0.25) is 4.79 Å². The maximum absolute atomic E-state index is 13.2. The Hall–Kier alpha value is -3.83. The molecule has 0 aromatic heterocycles. The summed E-state index contributed by atoms with van der Waals surface area (Å²) < 4.78 is 6.11. The van der Waals surface area contributed by atoms with Gasteiger partial charge in [-0.05, 0) is 34.7 Å². The summed E-state index contributed by atoms with van der Waals surface area (Å²) in [5.41, 5.74) is 2.00. The Morgan fingerprint density at radius 2 is 1.55 bits per heavy atom. The SMILES string of the molecule is O=C(NC(Cc1ccccc1)C(=O)O)c1ccc2ccccc2c1OCc1ccc(Cl)cc1. The van der Waals surface area contributed by atoms with Crippen LogP contribution in [-0.2, 0) is 17.8 Å². The van der Waals surface area contributed by atoms with Crippen LogP contribution in [0.25, 0.3) is 10.8 Å². The van der Waals surface area contributed by atoms with Gasteiger partial charge in [-0.15, -0.1) is 0 Å². The fraction of sp³-hybridized carbons (Fsp3) is 0.111. The quantitative estimate of drug-likeness (QED) is 0.365. The van der Waals surface area contributed by atoms with E-state index in [4.69, 9.17) is 16.3 Å². The summed E-state index contributed by atoms with van der Waals surface area (Å²) in [6, 6.07) is 26.5. The van der Waals surface area contributed by atoms with Crippen molar-refractivity contribution in [3.8, 4) is 5.75 Å². The topological polar surface area (TPSA) is 75.6 Å². The molecule has 0 aliphatic heterocycles. The monoisotopic (exact) mass is 459 g/mol. The van der Waals surface area contributed by atoms with E-state index in [1.807, 2.05) is 72.8 Å². The maximum Gasteiger partial charge on any atom is 0.326 e. The zero-order chi connectivity index (χ0) is 23.2. The minimum Gasteiger partial charge on any atom is -0.487 e. The van der Waals surface area contributed by atoms with E-state index < -0.39 is 17.9 Å². The lowest BCUT2D eigenvalue weighted by molar-refractivity contribution is -0.139. The molecule has 0 spiro atoms. The summed E-state index contributed by atoms with van der Waals surface area (Å²) in [4.78, 5) is 25.0. The molecule has 6 heteroatoms. The van der Waals surface area contributed by atoms with Gasteiger partial charge in [-0.25, -0.2) is 4.79 Å². The number of ether oxygens (including phenoxy) is 1. The van der Waals surface area contributed by atoms with E-state index in [0.29, 0.717) is 10.8 Å². The van der Waals surface area contributed by atoms with Crippen LogP contribution >= 0.6 is 11.6 Å². The minimum atomic E-state index is -1.10. The number of carboxylic acid groups (broad SMARTS) is 1. The van der Waals surface area contributed by atoms with Gasteiger partial charge in [0.25, 0.3) is 5.91 Å². The third kappa shape index (κ3) is 5.51. The molecule has 0 saturated heterocycles. The molecule has 0 radical (unpaired) electrons. The molecule has 0 aliphatic rings. The van der Waals surface area contributed by atoms with Crippen molar-refractivity contribution in [2.45, 2.75) is 19.1 Å². The van der Waals surface area contributed by atoms with Gasteiger partial charge >= 0.3 is 5.97 Å². The average molecular weight is 460 g/mol. The van der Waals surface area contributed by atoms with Crippen LogP contribution in [0.4, 0.5) is 0 Å². The van der Waals surface area contributed by atoms with Crippen molar-refractivity contribution < 1.29 is 19.4 Å². The summed E-state index contributed by atoms with van der Waals surface area (Å²) in [5, 5.41) is 14.7. The number of carbonyl (C=O) groups is 2. The minimum absolute atomic E-state index is 0.177. The second-order valence-corrected chi connectivity index (χ2v) is 8.07. The lowest BCUT2D eigenvalue weighted by Gasteiger charge is -2.18. The van der Waals surface area contributed by atoms with Crippen molar-refractivity contribution in [1.29, 1.82) is 0 Å². The molecule has 5 nitrogen and oxygen atoms in total. The average Bonchev–Trinajstić information content (AvgIpc) is 2.83. The third-order valence-corrected chi connectivity index (χ3v) is 5.56. The Balaban J connectivity index is 1.62. The number of carboxylic acids is 1. The van der Waals surface area contributed by atoms with Crippen LogP contribution in [0.3, 0.4) is 0 Å². The Kier molecular flexibility index (Phi) is 6.91. The molecular weight excluding hydrogens is 438 g/mol. The van der Waals surface area contributed by atoms with Crippen molar-refractivity contribution in [2.24, 2.45) is 0 Å². The number of carbonyl (C=O) groups excluding carboxylic acids is 1. The molecule has 4 aromatic carbocycles. The summed E-state index contributed by atoms with van der Waals surface area (Å²) >= 11 is 5.96. The van der Waals surface area contributed by atoms with Gasteiger partial charge in [-0.2, -0.15) is 0 Å². The first kappa shape index (κ1) is 22.4. The maximum atomic E-state index is 13.2. The van der Waals surface area contributed by atoms with Crippen LogP contribution in [0, 0.1) is 0 Å². The lowest BCUT2D eigenvalue weighted by atomic mass is 10.0. The molecule has 0 heterocycles. The number of fused-ring (bicyclic) bond motifs is 1. The van der Waals surface area contributed by atoms with Crippen LogP contribution in [0.1, 0.15) is 21.5 Å². The smallest absolute Gasteiger partial charge is 0.326 e. The van der Waals surface area contributed by atoms with Crippen molar-refractivity contribution >= 4 is 34.2 Å². The largest absolute Gasteiger partial charge is 0.487 e. The molecular formula is C27H22ClNO4. The number of benzene rings is 4. The predicted molar refractivity (Wildman–Crippen MR) is 129 cm³/mol. The highest BCUT2D eigenvalue weighted by Crippen LogP contribution is 2.31. The molecule has 0 fully saturated rings. The molecule has 1 unspecified atom stereocenters. The summed E-state index contributed by atoms with van der Waals surface area (Å²) in [7, 11) is 0. The number of hydrogen-bond donors (Lipinski definition) is 2. The Bertz CT molecular complexity index is 1270. The first-order chi connectivity index (χ1) is 16.0. The van der Waals surface area contributed by atoms with Crippen LogP contribution in [0.5, 0.6) is 5.75 Å². The van der Waals surface area contributed by atoms with Crippen molar-refractivity contribution in [2.75, 3.05) is 0 Å². The van der Waals surface area contributed by atoms with Gasteiger partial charge in [0.15, 0.2) is 0 Å². The highest BCUT2D eigenvalue weighted by Gasteiger charge is 2.24. The van der Waals surface area contributed by atoms with Gasteiger partial charge in [0.2, 0.25) is 0 Å². The zero-order valence-electron chi connectivity index (χ0n) is 17.7. The zero-order valence-corrected chi connectivity index (χ0v) is 18.5. The fourth-order valence-electron chi connectivity index (χ4n) is 3.60. The number of hydrogen-bond acceptors (Lipinski definition) is 3. The van der Waals surface area contributed by atoms with E-state index in [-0.39, 0.29) is 18.6 Å². The van der Waals surface area contributed by atoms with E-state index in [1.165, 1.54) is 0 Å². The lowest BCUT2D eigenvalue weighted by Crippen LogP contribution is -2.42. The molecule has 33 heavy (non-hydrogen) atoms. The summed E-state index contributed by atoms with van der Waals surface area (Å²) in [6.07, 6.45) is 0.177. The Labute approximate surface area is 196 Å². The molecule has 4 aromatic rings. The van der Waals surface area contributed by atoms with E-state index in [2.05, 4.69) is 5.32 Å². The van der Waals surface area contributed by atoms with E-state index in [1.54, 1.807) is 18.2 Å². The van der Waals surface area contributed by atoms with Gasteiger partial charge < -0.3 is 15.2 Å². The third-order valence-electron chi connectivity index (χ3n) is 5.31. The first-order valence-corrected chi connectivity index (χ1v) is 10.9. The van der Waals surface area contributed by atoms with Crippen molar-refractivity contribution in [3.63, 3.8) is 0 Å². The highest BCUT2D eigenvalue weighted by atomic mass is 35.5. The number of aliphatic carboxylic acids is 1. The molecule has 1 atom stereocenters. The molecule has 2 N–H and O–H groups in total. The van der Waals surface area contributed by atoms with Gasteiger partial charge in [0.05, 0.1) is 5.56 Å². The highest BCUT2D eigenvalue weighted by molar-refractivity contribution is 6.30. The van der Waals surface area contributed by atoms with Crippen molar-refractivity contribution in [1.82, 2.24) is 5.32 Å². The first-order valence-electron chi connectivity index (χ1n) is 10.5. The normalized spacial score (nSPS) is 11.7. The molecule has 0 bridgehead atoms. The second-order valence-electron chi connectivity index (χ2n) is 7.63. The fourth-order valence-corrected chi connectivity index (χ4v) is 3.73. The summed E-state index contributed by atoms with van der Waals surface area (Å²) in [6.45, 7) is 0.234. The Morgan fingerprint density at radius 1 is 0.848 bits per heavy atom. The van der Waals surface area contributed by atoms with E-state index >= 15 is 0 Å². The van der Waals surface area contributed by atoms with Gasteiger partial charge in [-0.1, -0.05) is 84.4 Å². The van der Waals surface area contributed by atoms with Gasteiger partial charge in [0, 0.05) is 16.8 Å². The number of rotatable bonds is 8. The predicted octanol–water partition coefficient (Wildman–Crippen LogP) is 5.50. The van der Waals surface area contributed by atoms with Crippen LogP contribution in [0.15, 0.2) is 91.0 Å². The van der Waals surface area contributed by atoms with Crippen LogP contribution in [0.2, 0.25) is 5.02 Å². The van der Waals surface area contributed by atoms with E-state index in [0.717, 1.165) is 21.9 Å². The standard InChI is InChI=1S/C27H22ClNO4/c28-21-13-10-19(11-14-21)17-33-25-22-9-5-4-8-20(22)12-15-23(25)26(30)29-24(27(31)32)16-18-6-2-1-3-7-18/h1-15,24H,16-17H2,(H,29,30)(H,31,32). The molecule has 1 amide bonds. The van der Waals surface area contributed by atoms with Gasteiger partial charge in [0.1, 0.15) is 18.4 Å². The van der Waals surface area contributed by atoms with Crippen molar-refractivity contribution in [3.05, 3.63) is 113 Å². The van der Waals surface area contributed by atoms with E-state index in [9.17, 15) is 14.7 Å². The number of halogens is 1. The molecule has 0 saturated carbocycles. The Morgan fingerprint density at radius 3 is 2.27 bits per heavy atom. The number of nitrogens with one attached hydrogen (secondary N) is 1. The van der Waals surface area contributed by atoms with Crippen LogP contribution in [-0.4, -0.2) is 23.0 Å².